The molecule has 1 N–H and O–H groups in total. The van der Waals surface area contributed by atoms with Crippen LogP contribution in [0.5, 0.6) is 5.75 Å². The Labute approximate surface area is 259 Å². The van der Waals surface area contributed by atoms with Gasteiger partial charge < -0.3 is 9.84 Å². The lowest BCUT2D eigenvalue weighted by atomic mass is 9.72. The molecular formula is C35H55F2NO3S. The van der Waals surface area contributed by atoms with E-state index in [4.69, 9.17) is 5.26 Å². The summed E-state index contributed by atoms with van der Waals surface area (Å²) in [5.41, 5.74) is 0.497. The summed E-state index contributed by atoms with van der Waals surface area (Å²) in [6, 6.07) is 6.58. The van der Waals surface area contributed by atoms with E-state index in [1.807, 2.05) is 19.1 Å². The molecule has 0 saturated heterocycles. The molecule has 0 amide bonds. The molecule has 1 aliphatic heterocycles. The number of thioether (sulfide) groups is 1. The summed E-state index contributed by atoms with van der Waals surface area (Å²) >= 11 is 1.56. The summed E-state index contributed by atoms with van der Waals surface area (Å²) in [6.45, 7) is 16.3. The monoisotopic (exact) mass is 607 g/mol. The van der Waals surface area contributed by atoms with E-state index in [9.17, 15) is 18.7 Å². The second-order valence-corrected chi connectivity index (χ2v) is 12.7. The summed E-state index contributed by atoms with van der Waals surface area (Å²) in [7, 11) is 0. The first-order valence-corrected chi connectivity index (χ1v) is 16.5. The van der Waals surface area contributed by atoms with Gasteiger partial charge in [-0.25, -0.2) is 0 Å². The van der Waals surface area contributed by atoms with Gasteiger partial charge in [0.2, 0.25) is 0 Å². The molecule has 3 unspecified atom stereocenters. The molecule has 0 bridgehead atoms. The Hall–Kier alpha value is -2.33. The van der Waals surface area contributed by atoms with Gasteiger partial charge >= 0.3 is 12.6 Å². The quantitative estimate of drug-likeness (QED) is 0.241. The van der Waals surface area contributed by atoms with Crippen molar-refractivity contribution < 1.29 is 23.4 Å². The lowest BCUT2D eigenvalue weighted by Gasteiger charge is -2.31. The van der Waals surface area contributed by atoms with Crippen molar-refractivity contribution in [3.8, 4) is 11.8 Å². The number of halogens is 2. The number of benzene rings is 1. The molecule has 0 aliphatic carbocycles. The van der Waals surface area contributed by atoms with Crippen molar-refractivity contribution in [1.29, 1.82) is 5.26 Å². The predicted octanol–water partition coefficient (Wildman–Crippen LogP) is 11.7. The van der Waals surface area contributed by atoms with Crippen LogP contribution < -0.4 is 4.74 Å². The largest absolute Gasteiger partial charge is 0.481 e. The van der Waals surface area contributed by atoms with E-state index < -0.39 is 18.0 Å². The molecule has 4 nitrogen and oxygen atoms in total. The van der Waals surface area contributed by atoms with Crippen LogP contribution in [0, 0.1) is 34.5 Å². The van der Waals surface area contributed by atoms with Crippen molar-refractivity contribution in [3.05, 3.63) is 46.4 Å². The van der Waals surface area contributed by atoms with Gasteiger partial charge in [0.15, 0.2) is 0 Å². The van der Waals surface area contributed by atoms with Crippen LogP contribution in [0.2, 0.25) is 0 Å². The Bertz CT molecular complexity index is 1030. The highest BCUT2D eigenvalue weighted by molar-refractivity contribution is 8.11. The molecule has 0 spiro atoms. The van der Waals surface area contributed by atoms with E-state index in [2.05, 4.69) is 66.2 Å². The minimum absolute atomic E-state index is 0.109. The number of allylic oxidation sites excluding steroid dienone is 3. The van der Waals surface area contributed by atoms with Gasteiger partial charge in [0, 0.05) is 10.5 Å². The topological polar surface area (TPSA) is 70.3 Å². The first-order chi connectivity index (χ1) is 19.9. The predicted molar refractivity (Wildman–Crippen MR) is 175 cm³/mol. The highest BCUT2D eigenvalue weighted by atomic mass is 32.2. The number of carbonyl (C=O) groups is 1. The van der Waals surface area contributed by atoms with Gasteiger partial charge in [-0.05, 0) is 79.4 Å². The molecule has 1 aromatic rings. The molecule has 7 heteroatoms. The molecule has 238 valence electrons. The lowest BCUT2D eigenvalue weighted by molar-refractivity contribution is -0.151. The molecule has 1 heterocycles. The van der Waals surface area contributed by atoms with Crippen LogP contribution in [0.1, 0.15) is 131 Å². The van der Waals surface area contributed by atoms with E-state index in [-0.39, 0.29) is 5.75 Å². The summed E-state index contributed by atoms with van der Waals surface area (Å²) in [6.07, 6.45) is 12.9. The van der Waals surface area contributed by atoms with Crippen molar-refractivity contribution in [2.24, 2.45) is 23.2 Å². The summed E-state index contributed by atoms with van der Waals surface area (Å²) in [4.78, 5) is 13.6. The SMILES string of the molecule is CCC.CCC1=CC(C)CC=C(c2cc(C#N)ccc2OC(F)F)S1.CCC[C@](CC)(CC(C)CC(C)CC)C(=O)O. The van der Waals surface area contributed by atoms with Crippen LogP contribution in [-0.2, 0) is 4.79 Å². The van der Waals surface area contributed by atoms with E-state index in [0.29, 0.717) is 28.9 Å². The van der Waals surface area contributed by atoms with Crippen molar-refractivity contribution in [2.45, 2.75) is 127 Å². The first kappa shape index (κ1) is 39.7. The van der Waals surface area contributed by atoms with E-state index in [0.717, 1.165) is 49.9 Å². The molecule has 1 aromatic carbocycles. The third-order valence-electron chi connectivity index (χ3n) is 7.42. The minimum atomic E-state index is -2.89. The van der Waals surface area contributed by atoms with Crippen LogP contribution >= 0.6 is 11.8 Å². The van der Waals surface area contributed by atoms with Crippen LogP contribution in [0.15, 0.2) is 35.3 Å². The Morgan fingerprint density at radius 3 is 2.29 bits per heavy atom. The van der Waals surface area contributed by atoms with Gasteiger partial charge in [0.05, 0.1) is 17.0 Å². The zero-order valence-electron chi connectivity index (χ0n) is 27.4. The number of alkyl halides is 2. The number of carboxylic acids is 1. The molecule has 0 fully saturated rings. The van der Waals surface area contributed by atoms with Gasteiger partial charge in [-0.15, -0.1) is 0 Å². The number of ether oxygens (including phenoxy) is 1. The smallest absolute Gasteiger partial charge is 0.387 e. The molecule has 0 radical (unpaired) electrons. The van der Waals surface area contributed by atoms with Crippen LogP contribution in [0.3, 0.4) is 0 Å². The van der Waals surface area contributed by atoms with Gasteiger partial charge in [-0.1, -0.05) is 105 Å². The van der Waals surface area contributed by atoms with E-state index in [1.54, 1.807) is 17.8 Å². The second-order valence-electron chi connectivity index (χ2n) is 11.5. The van der Waals surface area contributed by atoms with Gasteiger partial charge in [0.25, 0.3) is 0 Å². The Morgan fingerprint density at radius 1 is 1.17 bits per heavy atom. The number of hydrogen-bond acceptors (Lipinski definition) is 4. The fourth-order valence-corrected chi connectivity index (χ4v) is 6.27. The second kappa shape index (κ2) is 21.4. The Morgan fingerprint density at radius 2 is 1.81 bits per heavy atom. The maximum atomic E-state index is 12.6. The van der Waals surface area contributed by atoms with Crippen molar-refractivity contribution in [3.63, 3.8) is 0 Å². The van der Waals surface area contributed by atoms with Crippen molar-refractivity contribution in [1.82, 2.24) is 0 Å². The number of hydrogen-bond donors (Lipinski definition) is 1. The number of aliphatic carboxylic acids is 1. The first-order valence-electron chi connectivity index (χ1n) is 15.7. The van der Waals surface area contributed by atoms with Crippen LogP contribution in [0.25, 0.3) is 4.91 Å². The molecule has 4 atom stereocenters. The highest BCUT2D eigenvalue weighted by Gasteiger charge is 2.37. The maximum absolute atomic E-state index is 12.6. The molecular weight excluding hydrogens is 552 g/mol. The van der Waals surface area contributed by atoms with Gasteiger partial charge in [-0.3, -0.25) is 4.79 Å². The van der Waals surface area contributed by atoms with E-state index >= 15 is 0 Å². The number of rotatable bonds is 13. The van der Waals surface area contributed by atoms with Crippen LogP contribution in [-0.4, -0.2) is 17.7 Å². The number of nitrogens with zero attached hydrogens (tertiary/aromatic N) is 1. The zero-order valence-corrected chi connectivity index (χ0v) is 28.3. The standard InChI is InChI=1S/C17H17F2NOS.C15H30O2.C3H8/c1-3-13-8-11(2)4-7-16(22-13)14-9-12(10-20)5-6-15(14)21-17(18)19;1-6-9-15(8-3,14(16)17)11-13(5)10-12(4)7-2;1-3-2/h5-9,11,17H,3-4H2,1-2H3;12-13H,6-11H2,1-5H3,(H,16,17);3H2,1-2H3/t;12?,13?,15-;/m.1./s1. The Kier molecular flexibility index (Phi) is 20.2. The minimum Gasteiger partial charge on any atom is -0.481 e. The van der Waals surface area contributed by atoms with Gasteiger partial charge in [-0.2, -0.15) is 14.0 Å². The highest BCUT2D eigenvalue weighted by Crippen LogP contribution is 2.43. The molecule has 42 heavy (non-hydrogen) atoms. The summed E-state index contributed by atoms with van der Waals surface area (Å²) in [5.74, 6) is 1.12. The maximum Gasteiger partial charge on any atom is 0.387 e. The summed E-state index contributed by atoms with van der Waals surface area (Å²) in [5, 5.41) is 18.5. The zero-order chi connectivity index (χ0) is 32.3. The van der Waals surface area contributed by atoms with Gasteiger partial charge in [0.1, 0.15) is 5.75 Å². The average Bonchev–Trinajstić information content (AvgIpc) is 3.14. The molecule has 2 rings (SSSR count). The summed E-state index contributed by atoms with van der Waals surface area (Å²) < 4.78 is 29.8. The number of nitriles is 1. The van der Waals surface area contributed by atoms with Crippen molar-refractivity contribution >= 4 is 22.6 Å². The Balaban J connectivity index is 0.000000755. The number of carboxylic acid groups (broad SMARTS) is 1. The normalized spacial score (nSPS) is 17.5. The molecule has 1 aliphatic rings. The fourth-order valence-electron chi connectivity index (χ4n) is 5.09. The average molecular weight is 608 g/mol. The van der Waals surface area contributed by atoms with Crippen molar-refractivity contribution in [2.75, 3.05) is 0 Å². The molecule has 0 aromatic heterocycles. The fraction of sp³-hybridized carbons (Fsp3) is 0.657. The third-order valence-corrected chi connectivity index (χ3v) is 8.72. The molecule has 0 saturated carbocycles. The lowest BCUT2D eigenvalue weighted by Crippen LogP contribution is -2.32. The van der Waals surface area contributed by atoms with Crippen LogP contribution in [0.4, 0.5) is 8.78 Å². The van der Waals surface area contributed by atoms with E-state index in [1.165, 1.54) is 29.9 Å². The third kappa shape index (κ3) is 14.2.